The van der Waals surface area contributed by atoms with Gasteiger partial charge in [0.2, 0.25) is 0 Å². The Bertz CT molecular complexity index is 3570. The SMILES string of the molecule is c1ccc(-c2ccc3c(c2)c2ccccc2n3-c2ccc(N(c3ccc4ccc5ccc6ccc7ccccc7c6c5c4c3)c3ccccc3-c3ccccc3)cc2)cc1. The summed E-state index contributed by atoms with van der Waals surface area (Å²) in [4.78, 5) is 2.44. The van der Waals surface area contributed by atoms with Gasteiger partial charge in [-0.1, -0.05) is 170 Å². The predicted molar refractivity (Wildman–Crippen MR) is 256 cm³/mol. The summed E-state index contributed by atoms with van der Waals surface area (Å²) in [5.41, 5.74) is 11.6. The zero-order valence-corrected chi connectivity index (χ0v) is 32.8. The van der Waals surface area contributed by atoms with Gasteiger partial charge in [-0.25, -0.2) is 0 Å². The molecular formula is C58H38N2. The van der Waals surface area contributed by atoms with Gasteiger partial charge in [-0.05, 0) is 120 Å². The van der Waals surface area contributed by atoms with Gasteiger partial charge in [0.25, 0.3) is 0 Å². The van der Waals surface area contributed by atoms with E-state index < -0.39 is 0 Å². The number of fused-ring (bicyclic) bond motifs is 10. The van der Waals surface area contributed by atoms with Crippen LogP contribution < -0.4 is 4.90 Å². The Morgan fingerprint density at radius 2 is 0.850 bits per heavy atom. The molecule has 12 aromatic rings. The van der Waals surface area contributed by atoms with Gasteiger partial charge in [-0.3, -0.25) is 0 Å². The number of anilines is 3. The molecule has 0 saturated carbocycles. The van der Waals surface area contributed by atoms with Gasteiger partial charge in [0, 0.05) is 33.4 Å². The van der Waals surface area contributed by atoms with Crippen LogP contribution in [0.3, 0.4) is 0 Å². The molecular weight excluding hydrogens is 725 g/mol. The lowest BCUT2D eigenvalue weighted by atomic mass is 9.92. The first kappa shape index (κ1) is 34.1. The number of hydrogen-bond donors (Lipinski definition) is 0. The van der Waals surface area contributed by atoms with Crippen molar-refractivity contribution in [2.24, 2.45) is 0 Å². The Morgan fingerprint density at radius 3 is 1.62 bits per heavy atom. The van der Waals surface area contributed by atoms with Crippen molar-refractivity contribution in [3.8, 4) is 27.9 Å². The van der Waals surface area contributed by atoms with Crippen LogP contribution in [0.2, 0.25) is 0 Å². The first-order valence-corrected chi connectivity index (χ1v) is 20.7. The maximum absolute atomic E-state index is 2.44. The van der Waals surface area contributed by atoms with Crippen molar-refractivity contribution in [3.63, 3.8) is 0 Å². The van der Waals surface area contributed by atoms with Crippen LogP contribution in [-0.4, -0.2) is 4.57 Å². The molecule has 0 unspecified atom stereocenters. The normalized spacial score (nSPS) is 11.7. The van der Waals surface area contributed by atoms with E-state index in [0.29, 0.717) is 0 Å². The lowest BCUT2D eigenvalue weighted by Crippen LogP contribution is -2.11. The fraction of sp³-hybridized carbons (Fsp3) is 0. The van der Waals surface area contributed by atoms with Crippen LogP contribution >= 0.6 is 0 Å². The molecule has 0 aliphatic carbocycles. The smallest absolute Gasteiger partial charge is 0.0541 e. The van der Waals surface area contributed by atoms with Crippen LogP contribution in [0.25, 0.3) is 92.8 Å². The molecule has 0 N–H and O–H groups in total. The molecule has 2 heteroatoms. The van der Waals surface area contributed by atoms with E-state index in [-0.39, 0.29) is 0 Å². The second-order valence-electron chi connectivity index (χ2n) is 15.7. The molecule has 0 fully saturated rings. The van der Waals surface area contributed by atoms with Crippen LogP contribution in [0.1, 0.15) is 0 Å². The molecule has 0 radical (unpaired) electrons. The van der Waals surface area contributed by atoms with E-state index in [1.54, 1.807) is 0 Å². The average molecular weight is 763 g/mol. The van der Waals surface area contributed by atoms with Crippen LogP contribution in [0.4, 0.5) is 17.1 Å². The Balaban J connectivity index is 1.07. The van der Waals surface area contributed by atoms with Crippen molar-refractivity contribution in [2.45, 2.75) is 0 Å². The molecule has 0 atom stereocenters. The third kappa shape index (κ3) is 5.50. The number of para-hydroxylation sites is 2. The summed E-state index contributed by atoms with van der Waals surface area (Å²) in [5.74, 6) is 0. The summed E-state index contributed by atoms with van der Waals surface area (Å²) in [7, 11) is 0. The molecule has 12 rings (SSSR count). The molecule has 1 heterocycles. The molecule has 280 valence electrons. The zero-order valence-electron chi connectivity index (χ0n) is 32.8. The van der Waals surface area contributed by atoms with Gasteiger partial charge >= 0.3 is 0 Å². The lowest BCUT2D eigenvalue weighted by Gasteiger charge is -2.28. The van der Waals surface area contributed by atoms with E-state index in [1.165, 1.54) is 87.1 Å². The highest BCUT2D eigenvalue weighted by Gasteiger charge is 2.20. The quantitative estimate of drug-likeness (QED) is 0.153. The van der Waals surface area contributed by atoms with Crippen molar-refractivity contribution in [2.75, 3.05) is 4.90 Å². The largest absolute Gasteiger partial charge is 0.310 e. The Labute approximate surface area is 348 Å². The molecule has 0 amide bonds. The minimum absolute atomic E-state index is 1.09. The Kier molecular flexibility index (Phi) is 7.89. The zero-order chi connectivity index (χ0) is 39.6. The van der Waals surface area contributed by atoms with Gasteiger partial charge in [0.1, 0.15) is 0 Å². The molecule has 0 bridgehead atoms. The average Bonchev–Trinajstić information content (AvgIpc) is 3.66. The van der Waals surface area contributed by atoms with Gasteiger partial charge in [-0.15, -0.1) is 0 Å². The number of aromatic nitrogens is 1. The van der Waals surface area contributed by atoms with E-state index in [0.717, 1.165) is 22.7 Å². The monoisotopic (exact) mass is 762 g/mol. The second kappa shape index (κ2) is 13.9. The maximum atomic E-state index is 2.44. The highest BCUT2D eigenvalue weighted by Crippen LogP contribution is 2.44. The van der Waals surface area contributed by atoms with E-state index in [9.17, 15) is 0 Å². The lowest BCUT2D eigenvalue weighted by molar-refractivity contribution is 1.17. The number of hydrogen-bond acceptors (Lipinski definition) is 1. The van der Waals surface area contributed by atoms with Crippen LogP contribution in [0.15, 0.2) is 231 Å². The number of benzene rings is 11. The molecule has 1 aromatic heterocycles. The van der Waals surface area contributed by atoms with E-state index in [2.05, 4.69) is 240 Å². The topological polar surface area (TPSA) is 8.17 Å². The molecule has 11 aromatic carbocycles. The van der Waals surface area contributed by atoms with Crippen molar-refractivity contribution in [1.29, 1.82) is 0 Å². The second-order valence-corrected chi connectivity index (χ2v) is 15.7. The summed E-state index contributed by atoms with van der Waals surface area (Å²) in [6.07, 6.45) is 0. The first-order chi connectivity index (χ1) is 29.8. The van der Waals surface area contributed by atoms with Crippen LogP contribution in [0, 0.1) is 0 Å². The van der Waals surface area contributed by atoms with Crippen molar-refractivity contribution >= 4 is 82.0 Å². The van der Waals surface area contributed by atoms with E-state index in [1.807, 2.05) is 0 Å². The van der Waals surface area contributed by atoms with Crippen LogP contribution in [0.5, 0.6) is 0 Å². The third-order valence-electron chi connectivity index (χ3n) is 12.3. The molecule has 60 heavy (non-hydrogen) atoms. The number of nitrogens with zero attached hydrogens (tertiary/aromatic N) is 2. The predicted octanol–water partition coefficient (Wildman–Crippen LogP) is 16.2. The minimum Gasteiger partial charge on any atom is -0.310 e. The molecule has 0 aliphatic heterocycles. The van der Waals surface area contributed by atoms with Crippen molar-refractivity contribution < 1.29 is 0 Å². The molecule has 0 saturated heterocycles. The van der Waals surface area contributed by atoms with Crippen LogP contribution in [-0.2, 0) is 0 Å². The molecule has 0 spiro atoms. The summed E-state index contributed by atoms with van der Waals surface area (Å²) in [5, 5.41) is 12.6. The van der Waals surface area contributed by atoms with Crippen molar-refractivity contribution in [1.82, 2.24) is 4.57 Å². The van der Waals surface area contributed by atoms with Gasteiger partial charge in [0.05, 0.1) is 16.7 Å². The van der Waals surface area contributed by atoms with E-state index >= 15 is 0 Å². The van der Waals surface area contributed by atoms with Gasteiger partial charge in [0.15, 0.2) is 0 Å². The summed E-state index contributed by atoms with van der Waals surface area (Å²) < 4.78 is 2.41. The maximum Gasteiger partial charge on any atom is 0.0541 e. The summed E-state index contributed by atoms with van der Waals surface area (Å²) in [6, 6.07) is 84.3. The van der Waals surface area contributed by atoms with Gasteiger partial charge in [-0.2, -0.15) is 0 Å². The fourth-order valence-electron chi connectivity index (χ4n) is 9.54. The third-order valence-corrected chi connectivity index (χ3v) is 12.3. The van der Waals surface area contributed by atoms with E-state index in [4.69, 9.17) is 0 Å². The molecule has 2 nitrogen and oxygen atoms in total. The fourth-order valence-corrected chi connectivity index (χ4v) is 9.54. The van der Waals surface area contributed by atoms with Crippen molar-refractivity contribution in [3.05, 3.63) is 231 Å². The highest BCUT2D eigenvalue weighted by atomic mass is 15.1. The standard InChI is InChI=1S/C58H38N2/c1-3-13-39(14-4-1)45-30-36-56-53(37-45)51-20-10-12-22-55(51)60(56)47-34-32-46(33-35-47)59(54-21-11-9-18-49(54)40-15-5-2-6-16-40)48-31-29-42-24-26-44-28-27-43-25-23-41-17-7-8-19-50(41)57(43)58(44)52(42)38-48/h1-38H. The number of rotatable bonds is 6. The summed E-state index contributed by atoms with van der Waals surface area (Å²) >= 11 is 0. The Morgan fingerprint density at radius 1 is 0.300 bits per heavy atom. The Hall–Kier alpha value is -7.94. The first-order valence-electron chi connectivity index (χ1n) is 20.7. The highest BCUT2D eigenvalue weighted by molar-refractivity contribution is 6.27. The minimum atomic E-state index is 1.09. The molecule has 0 aliphatic rings. The summed E-state index contributed by atoms with van der Waals surface area (Å²) in [6.45, 7) is 0. The van der Waals surface area contributed by atoms with Gasteiger partial charge < -0.3 is 9.47 Å².